The molecule has 3 N–H and O–H groups in total. The van der Waals surface area contributed by atoms with E-state index in [0.717, 1.165) is 12.8 Å². The second-order valence-corrected chi connectivity index (χ2v) is 5.50. The summed E-state index contributed by atoms with van der Waals surface area (Å²) in [4.78, 5) is 0. The minimum absolute atomic E-state index is 0.0470. The number of hydrogen-bond acceptors (Lipinski definition) is 2. The molecule has 2 rings (SSSR count). The summed E-state index contributed by atoms with van der Waals surface area (Å²) in [5, 5.41) is 3.74. The van der Waals surface area contributed by atoms with E-state index >= 15 is 0 Å². The first-order chi connectivity index (χ1) is 10.3. The van der Waals surface area contributed by atoms with E-state index < -0.39 is 0 Å². The Morgan fingerprint density at radius 1 is 0.810 bits per heavy atom. The van der Waals surface area contributed by atoms with E-state index in [1.807, 2.05) is 24.3 Å². The van der Waals surface area contributed by atoms with Crippen LogP contribution in [-0.4, -0.2) is 6.04 Å². The van der Waals surface area contributed by atoms with E-state index in [1.54, 1.807) is 0 Å². The fourth-order valence-corrected chi connectivity index (χ4v) is 2.71. The number of nitrogens with two attached hydrogens (primary N) is 1. The highest BCUT2D eigenvalue weighted by atomic mass is 15.0. The molecule has 0 spiro atoms. The molecule has 0 heterocycles. The number of hydrogen-bond donors (Lipinski definition) is 2. The summed E-state index contributed by atoms with van der Waals surface area (Å²) >= 11 is 0. The highest BCUT2D eigenvalue weighted by Gasteiger charge is 2.23. The van der Waals surface area contributed by atoms with Gasteiger partial charge in [-0.05, 0) is 24.0 Å². The summed E-state index contributed by atoms with van der Waals surface area (Å²) in [6, 6.07) is 21.4. The lowest BCUT2D eigenvalue weighted by molar-refractivity contribution is 0.372. The van der Waals surface area contributed by atoms with Gasteiger partial charge >= 0.3 is 0 Å². The molecule has 0 radical (unpaired) electrons. The van der Waals surface area contributed by atoms with Crippen molar-refractivity contribution in [1.82, 2.24) is 5.32 Å². The summed E-state index contributed by atoms with van der Waals surface area (Å²) in [6.45, 7) is 4.44. The van der Waals surface area contributed by atoms with E-state index in [1.165, 1.54) is 11.1 Å². The van der Waals surface area contributed by atoms with Crippen LogP contribution in [0.1, 0.15) is 49.9 Å². The van der Waals surface area contributed by atoms with Crippen LogP contribution in [0, 0.1) is 0 Å². The van der Waals surface area contributed by atoms with E-state index in [2.05, 4.69) is 55.6 Å². The average molecular weight is 282 g/mol. The monoisotopic (exact) mass is 282 g/mol. The van der Waals surface area contributed by atoms with Crippen LogP contribution in [-0.2, 0) is 0 Å². The third-order valence-electron chi connectivity index (χ3n) is 4.10. The van der Waals surface area contributed by atoms with Gasteiger partial charge in [0.15, 0.2) is 0 Å². The van der Waals surface area contributed by atoms with Crippen molar-refractivity contribution in [2.45, 2.75) is 44.8 Å². The fraction of sp³-hybridized carbons (Fsp3) is 0.368. The first kappa shape index (κ1) is 15.7. The zero-order valence-corrected chi connectivity index (χ0v) is 13.0. The molecule has 112 valence electrons. The van der Waals surface area contributed by atoms with Gasteiger partial charge in [-0.2, -0.15) is 0 Å². The molecule has 2 atom stereocenters. The molecule has 0 aromatic heterocycles. The fourth-order valence-electron chi connectivity index (χ4n) is 2.71. The Balaban J connectivity index is 2.27. The molecule has 0 saturated heterocycles. The minimum atomic E-state index is -0.0470. The maximum Gasteiger partial charge on any atom is 0.0518 e. The molecule has 0 aliphatic heterocycles. The van der Waals surface area contributed by atoms with Gasteiger partial charge in [0.05, 0.1) is 6.04 Å². The van der Waals surface area contributed by atoms with Gasteiger partial charge in [0.25, 0.3) is 0 Å². The Kier molecular flexibility index (Phi) is 5.97. The molecule has 2 aromatic rings. The van der Waals surface area contributed by atoms with Gasteiger partial charge in [-0.1, -0.05) is 74.5 Å². The van der Waals surface area contributed by atoms with Crippen molar-refractivity contribution in [1.29, 1.82) is 0 Å². The van der Waals surface area contributed by atoms with E-state index in [9.17, 15) is 0 Å². The SMILES string of the molecule is CCC(CC)N[C@H](c1ccccc1)[C@H](N)c1ccccc1. The first-order valence-corrected chi connectivity index (χ1v) is 7.87. The van der Waals surface area contributed by atoms with Crippen LogP contribution in [0.3, 0.4) is 0 Å². The average Bonchev–Trinajstić information content (AvgIpc) is 2.57. The third-order valence-corrected chi connectivity index (χ3v) is 4.10. The molecule has 2 nitrogen and oxygen atoms in total. The summed E-state index contributed by atoms with van der Waals surface area (Å²) in [7, 11) is 0. The van der Waals surface area contributed by atoms with Gasteiger partial charge in [-0.15, -0.1) is 0 Å². The maximum absolute atomic E-state index is 6.57. The summed E-state index contributed by atoms with van der Waals surface area (Å²) in [6.07, 6.45) is 2.22. The van der Waals surface area contributed by atoms with Crippen molar-refractivity contribution < 1.29 is 0 Å². The summed E-state index contributed by atoms with van der Waals surface area (Å²) < 4.78 is 0. The Morgan fingerprint density at radius 3 is 1.76 bits per heavy atom. The van der Waals surface area contributed by atoms with Crippen LogP contribution < -0.4 is 11.1 Å². The molecule has 0 aliphatic rings. The van der Waals surface area contributed by atoms with Gasteiger partial charge in [0.2, 0.25) is 0 Å². The van der Waals surface area contributed by atoms with Crippen LogP contribution in [0.15, 0.2) is 60.7 Å². The highest BCUT2D eigenvalue weighted by Crippen LogP contribution is 2.27. The number of rotatable bonds is 7. The van der Waals surface area contributed by atoms with Crippen LogP contribution in [0.5, 0.6) is 0 Å². The molecule has 0 unspecified atom stereocenters. The second-order valence-electron chi connectivity index (χ2n) is 5.50. The molecule has 0 amide bonds. The summed E-state index contributed by atoms with van der Waals surface area (Å²) in [5.41, 5.74) is 8.99. The lowest BCUT2D eigenvalue weighted by Crippen LogP contribution is -2.38. The molecular formula is C19H26N2. The smallest absolute Gasteiger partial charge is 0.0518 e. The zero-order valence-electron chi connectivity index (χ0n) is 13.0. The van der Waals surface area contributed by atoms with Crippen molar-refractivity contribution in [3.05, 3.63) is 71.8 Å². The molecule has 21 heavy (non-hydrogen) atoms. The second kappa shape index (κ2) is 7.96. The van der Waals surface area contributed by atoms with Crippen LogP contribution >= 0.6 is 0 Å². The number of nitrogens with one attached hydrogen (secondary N) is 1. The van der Waals surface area contributed by atoms with Crippen LogP contribution in [0.2, 0.25) is 0 Å². The Hall–Kier alpha value is -1.64. The highest BCUT2D eigenvalue weighted by molar-refractivity contribution is 5.27. The van der Waals surface area contributed by atoms with Gasteiger partial charge in [0.1, 0.15) is 0 Å². The van der Waals surface area contributed by atoms with E-state index in [4.69, 9.17) is 5.73 Å². The largest absolute Gasteiger partial charge is 0.322 e. The Labute approximate surface area is 128 Å². The first-order valence-electron chi connectivity index (χ1n) is 7.87. The van der Waals surface area contributed by atoms with Crippen LogP contribution in [0.4, 0.5) is 0 Å². The molecular weight excluding hydrogens is 256 g/mol. The van der Waals surface area contributed by atoms with Gasteiger partial charge in [-0.25, -0.2) is 0 Å². The van der Waals surface area contributed by atoms with Crippen molar-refractivity contribution in [3.63, 3.8) is 0 Å². The van der Waals surface area contributed by atoms with E-state index in [0.29, 0.717) is 6.04 Å². The number of benzene rings is 2. The molecule has 0 aliphatic carbocycles. The lowest BCUT2D eigenvalue weighted by Gasteiger charge is -2.30. The predicted molar refractivity (Wildman–Crippen MR) is 90.1 cm³/mol. The third kappa shape index (κ3) is 4.16. The standard InChI is InChI=1S/C19H26N2/c1-3-17(4-2)21-19(16-13-9-6-10-14-16)18(20)15-11-7-5-8-12-15/h5-14,17-19,21H,3-4,20H2,1-2H3/t18-,19-/m1/s1. The molecule has 2 aromatic carbocycles. The van der Waals surface area contributed by atoms with Crippen molar-refractivity contribution >= 4 is 0 Å². The van der Waals surface area contributed by atoms with Gasteiger partial charge < -0.3 is 11.1 Å². The normalized spacial score (nSPS) is 14.1. The molecule has 0 fully saturated rings. The molecule has 0 bridgehead atoms. The van der Waals surface area contributed by atoms with Crippen molar-refractivity contribution in [3.8, 4) is 0 Å². The van der Waals surface area contributed by atoms with Crippen molar-refractivity contribution in [2.75, 3.05) is 0 Å². The molecule has 2 heteroatoms. The zero-order chi connectivity index (χ0) is 15.1. The minimum Gasteiger partial charge on any atom is -0.322 e. The van der Waals surface area contributed by atoms with E-state index in [-0.39, 0.29) is 12.1 Å². The summed E-state index contributed by atoms with van der Waals surface area (Å²) in [5.74, 6) is 0. The quantitative estimate of drug-likeness (QED) is 0.798. The Morgan fingerprint density at radius 2 is 1.29 bits per heavy atom. The van der Waals surface area contributed by atoms with Crippen molar-refractivity contribution in [2.24, 2.45) is 5.73 Å². The van der Waals surface area contributed by atoms with Gasteiger partial charge in [-0.3, -0.25) is 0 Å². The lowest BCUT2D eigenvalue weighted by atomic mass is 9.93. The topological polar surface area (TPSA) is 38.0 Å². The predicted octanol–water partition coefficient (Wildman–Crippen LogP) is 4.21. The van der Waals surface area contributed by atoms with Gasteiger partial charge in [0, 0.05) is 12.1 Å². The van der Waals surface area contributed by atoms with Crippen LogP contribution in [0.25, 0.3) is 0 Å². The Bertz CT molecular complexity index is 506. The molecule has 0 saturated carbocycles. The maximum atomic E-state index is 6.57.